The van der Waals surface area contributed by atoms with E-state index in [1.165, 1.54) is 16.8 Å². The molecule has 3 aromatic heterocycles. The Bertz CT molecular complexity index is 1720. The standard InChI is InChI=1S/C36H47ClF3N7O4S/c1-6-15-34(5)22-24(23-46(34)32(49)51-33(2,3)4)9-8-19-41-26-10-7-11-29(42-26)52-45-31(48)25-12-13-27(43-30(25)37)47-20-14-28(44-47)50-21-18-35(16-17-35)36(38,39)40/h7,10-14,20,24H,6,8-9,15-19,21-23H2,1-5H3,(H,41,42)(H,45,48). The number of hydrogen-bond acceptors (Lipinski definition) is 9. The van der Waals surface area contributed by atoms with Gasteiger partial charge in [-0.25, -0.2) is 19.4 Å². The van der Waals surface area contributed by atoms with E-state index in [1.54, 1.807) is 18.3 Å². The maximum Gasteiger partial charge on any atom is 0.410 e. The van der Waals surface area contributed by atoms with Crippen molar-refractivity contribution in [3.63, 3.8) is 0 Å². The first-order chi connectivity index (χ1) is 24.5. The Balaban J connectivity index is 1.06. The van der Waals surface area contributed by atoms with Gasteiger partial charge in [0.1, 0.15) is 21.6 Å². The smallest absolute Gasteiger partial charge is 0.410 e. The first-order valence-corrected chi connectivity index (χ1v) is 18.8. The van der Waals surface area contributed by atoms with Crippen LogP contribution in [0.15, 0.2) is 47.6 Å². The van der Waals surface area contributed by atoms with Crippen molar-refractivity contribution in [2.45, 2.75) is 108 Å². The second kappa shape index (κ2) is 16.1. The number of ether oxygens (including phenoxy) is 2. The van der Waals surface area contributed by atoms with E-state index in [9.17, 15) is 22.8 Å². The average molecular weight is 766 g/mol. The Morgan fingerprint density at radius 2 is 1.87 bits per heavy atom. The highest BCUT2D eigenvalue weighted by Gasteiger charge is 2.62. The molecule has 3 aromatic rings. The molecule has 2 aliphatic rings. The number of halogens is 4. The normalized spacial score (nSPS) is 19.7. The van der Waals surface area contributed by atoms with Gasteiger partial charge < -0.3 is 19.7 Å². The largest absolute Gasteiger partial charge is 0.477 e. The molecule has 2 amide bonds. The third kappa shape index (κ3) is 10.0. The molecule has 0 bridgehead atoms. The van der Waals surface area contributed by atoms with Gasteiger partial charge in [0, 0.05) is 42.8 Å². The molecule has 2 N–H and O–H groups in total. The average Bonchev–Trinajstić information content (AvgIpc) is 3.60. The van der Waals surface area contributed by atoms with Gasteiger partial charge >= 0.3 is 12.3 Å². The molecule has 0 radical (unpaired) electrons. The van der Waals surface area contributed by atoms with Gasteiger partial charge in [0.2, 0.25) is 5.88 Å². The van der Waals surface area contributed by atoms with E-state index in [0.717, 1.165) is 44.1 Å². The molecule has 0 aromatic carbocycles. The molecule has 52 heavy (non-hydrogen) atoms. The highest BCUT2D eigenvalue weighted by atomic mass is 35.5. The summed E-state index contributed by atoms with van der Waals surface area (Å²) >= 11 is 7.40. The number of hydrogen-bond donors (Lipinski definition) is 2. The fraction of sp³-hybridized carbons (Fsp3) is 0.583. The van der Waals surface area contributed by atoms with Crippen LogP contribution in [-0.2, 0) is 4.74 Å². The Kier molecular flexibility index (Phi) is 12.2. The quantitative estimate of drug-likeness (QED) is 0.0887. The minimum absolute atomic E-state index is 0.0516. The Labute approximate surface area is 311 Å². The van der Waals surface area contributed by atoms with Crippen molar-refractivity contribution < 1.29 is 32.2 Å². The van der Waals surface area contributed by atoms with Crippen LogP contribution in [0.5, 0.6) is 5.88 Å². The zero-order valence-electron chi connectivity index (χ0n) is 30.2. The number of likely N-dealkylation sites (tertiary alicyclic amines) is 1. The molecule has 0 spiro atoms. The van der Waals surface area contributed by atoms with Crippen molar-refractivity contribution in [1.82, 2.24) is 29.4 Å². The number of nitrogens with one attached hydrogen (secondary N) is 2. The van der Waals surface area contributed by atoms with E-state index >= 15 is 0 Å². The minimum atomic E-state index is -4.23. The van der Waals surface area contributed by atoms with Crippen molar-refractivity contribution in [2.24, 2.45) is 11.3 Å². The van der Waals surface area contributed by atoms with Crippen LogP contribution >= 0.6 is 23.5 Å². The second-order valence-electron chi connectivity index (χ2n) is 14.9. The molecule has 1 saturated heterocycles. The fourth-order valence-electron chi connectivity index (χ4n) is 6.60. The lowest BCUT2D eigenvalue weighted by Gasteiger charge is -2.36. The topological polar surface area (TPSA) is 123 Å². The summed E-state index contributed by atoms with van der Waals surface area (Å²) in [5.41, 5.74) is -2.24. The summed E-state index contributed by atoms with van der Waals surface area (Å²) in [6.07, 6.45) is 1.94. The summed E-state index contributed by atoms with van der Waals surface area (Å²) < 4.78 is 54.8. The highest BCUT2D eigenvalue weighted by Crippen LogP contribution is 2.59. The molecular formula is C36H47ClF3N7O4S. The van der Waals surface area contributed by atoms with Gasteiger partial charge in [0.25, 0.3) is 5.91 Å². The van der Waals surface area contributed by atoms with Crippen LogP contribution in [0.3, 0.4) is 0 Å². The number of anilines is 1. The summed E-state index contributed by atoms with van der Waals surface area (Å²) in [6, 6.07) is 10.1. The van der Waals surface area contributed by atoms with Gasteiger partial charge in [-0.15, -0.1) is 5.10 Å². The van der Waals surface area contributed by atoms with Crippen LogP contribution in [0.1, 0.15) is 96.3 Å². The lowest BCUT2D eigenvalue weighted by molar-refractivity contribution is -0.190. The lowest BCUT2D eigenvalue weighted by atomic mass is 9.88. The summed E-state index contributed by atoms with van der Waals surface area (Å²) in [7, 11) is 0. The Morgan fingerprint density at radius 3 is 2.54 bits per heavy atom. The number of nitrogens with zero attached hydrogens (tertiary/aromatic N) is 5. The van der Waals surface area contributed by atoms with Gasteiger partial charge in [0.15, 0.2) is 5.82 Å². The van der Waals surface area contributed by atoms with Crippen LogP contribution in [0.4, 0.5) is 23.8 Å². The summed E-state index contributed by atoms with van der Waals surface area (Å²) in [5, 5.41) is 8.10. The molecule has 2 atom stereocenters. The zero-order valence-corrected chi connectivity index (χ0v) is 31.8. The molecule has 2 unspecified atom stereocenters. The second-order valence-corrected chi connectivity index (χ2v) is 16.0. The van der Waals surface area contributed by atoms with Gasteiger partial charge in [-0.3, -0.25) is 9.52 Å². The van der Waals surface area contributed by atoms with E-state index in [0.29, 0.717) is 35.7 Å². The first kappa shape index (κ1) is 39.5. The molecule has 2 fully saturated rings. The number of amides is 2. The highest BCUT2D eigenvalue weighted by molar-refractivity contribution is 7.97. The number of alkyl halides is 3. The summed E-state index contributed by atoms with van der Waals surface area (Å²) in [6.45, 7) is 11.3. The number of carbonyl (C=O) groups is 2. The number of pyridine rings is 2. The van der Waals surface area contributed by atoms with Crippen LogP contribution < -0.4 is 14.8 Å². The lowest BCUT2D eigenvalue weighted by Crippen LogP contribution is -2.47. The maximum atomic E-state index is 13.2. The van der Waals surface area contributed by atoms with Gasteiger partial charge in [0.05, 0.1) is 17.6 Å². The molecular weight excluding hydrogens is 719 g/mol. The molecule has 4 heterocycles. The van der Waals surface area contributed by atoms with Crippen LogP contribution in [0.25, 0.3) is 5.82 Å². The number of rotatable bonds is 15. The number of aromatic nitrogens is 4. The van der Waals surface area contributed by atoms with E-state index in [2.05, 4.69) is 39.0 Å². The monoisotopic (exact) mass is 765 g/mol. The maximum absolute atomic E-state index is 13.2. The van der Waals surface area contributed by atoms with Crippen LogP contribution in [0, 0.1) is 11.3 Å². The van der Waals surface area contributed by atoms with Gasteiger partial charge in [-0.05, 0) is 103 Å². The van der Waals surface area contributed by atoms with Crippen molar-refractivity contribution in [3.8, 4) is 11.7 Å². The minimum Gasteiger partial charge on any atom is -0.477 e. The molecule has 5 rings (SSSR count). The SMILES string of the molecule is CCCC1(C)CC(CCCNc2cccc(SNC(=O)c3ccc(-n4ccc(OCCC5(C(F)(F)F)CC5)n4)nc3Cl)n2)CN1C(=O)OC(C)(C)C. The zero-order chi connectivity index (χ0) is 37.7. The molecule has 1 saturated carbocycles. The van der Waals surface area contributed by atoms with Crippen molar-refractivity contribution in [1.29, 1.82) is 0 Å². The molecule has 284 valence electrons. The third-order valence-electron chi connectivity index (χ3n) is 9.45. The molecule has 1 aliphatic carbocycles. The van der Waals surface area contributed by atoms with E-state index < -0.39 is 23.1 Å². The van der Waals surface area contributed by atoms with Crippen molar-refractivity contribution in [2.75, 3.05) is 25.0 Å². The predicted molar refractivity (Wildman–Crippen MR) is 194 cm³/mol. The Hall–Kier alpha value is -3.72. The molecule has 16 heteroatoms. The van der Waals surface area contributed by atoms with E-state index in [4.69, 9.17) is 21.1 Å². The predicted octanol–water partition coefficient (Wildman–Crippen LogP) is 8.87. The first-order valence-electron chi connectivity index (χ1n) is 17.6. The van der Waals surface area contributed by atoms with Crippen molar-refractivity contribution in [3.05, 3.63) is 53.3 Å². The molecule has 1 aliphatic heterocycles. The molecule has 11 nitrogen and oxygen atoms in total. The van der Waals surface area contributed by atoms with Gasteiger partial charge in [-0.1, -0.05) is 31.0 Å². The van der Waals surface area contributed by atoms with E-state index in [1.807, 2.05) is 37.8 Å². The number of carbonyl (C=O) groups excluding carboxylic acids is 2. The van der Waals surface area contributed by atoms with E-state index in [-0.39, 0.29) is 54.1 Å². The van der Waals surface area contributed by atoms with Crippen molar-refractivity contribution >= 4 is 41.4 Å². The van der Waals surface area contributed by atoms with Crippen LogP contribution in [-0.4, -0.2) is 73.7 Å². The Morgan fingerprint density at radius 1 is 1.10 bits per heavy atom. The van der Waals surface area contributed by atoms with Gasteiger partial charge in [-0.2, -0.15) is 13.2 Å². The van der Waals surface area contributed by atoms with Crippen LogP contribution in [0.2, 0.25) is 5.15 Å². The summed E-state index contributed by atoms with van der Waals surface area (Å²) in [4.78, 5) is 36.7. The third-order valence-corrected chi connectivity index (χ3v) is 10.5. The summed E-state index contributed by atoms with van der Waals surface area (Å²) in [5.74, 6) is 1.06. The fourth-order valence-corrected chi connectivity index (χ4v) is 7.43.